The minimum absolute atomic E-state index is 0.677. The van der Waals surface area contributed by atoms with Gasteiger partial charge in [0.2, 0.25) is 0 Å². The van der Waals surface area contributed by atoms with E-state index >= 15 is 0 Å². The van der Waals surface area contributed by atoms with E-state index in [9.17, 15) is 0 Å². The molecule has 1 aliphatic heterocycles. The Labute approximate surface area is 92.8 Å². The number of aromatic nitrogens is 2. The van der Waals surface area contributed by atoms with Crippen molar-refractivity contribution in [1.29, 1.82) is 0 Å². The third-order valence-corrected chi connectivity index (χ3v) is 4.67. The highest BCUT2D eigenvalue weighted by atomic mass is 32.2. The van der Waals surface area contributed by atoms with Crippen LogP contribution in [0.5, 0.6) is 0 Å². The third kappa shape index (κ3) is 2.46. The molecule has 0 saturated carbocycles. The van der Waals surface area contributed by atoms with Gasteiger partial charge in [0, 0.05) is 23.6 Å². The molecule has 2 rings (SSSR count). The number of rotatable bonds is 3. The van der Waals surface area contributed by atoms with E-state index < -0.39 is 0 Å². The largest absolute Gasteiger partial charge is 0.308 e. The summed E-state index contributed by atoms with van der Waals surface area (Å²) in [7, 11) is 0. The normalized spacial score (nSPS) is 27.0. The summed E-state index contributed by atoms with van der Waals surface area (Å²) in [6.45, 7) is 5.25. The summed E-state index contributed by atoms with van der Waals surface area (Å²) < 4.78 is 3.93. The zero-order valence-electron chi connectivity index (χ0n) is 8.49. The number of nitrogens with one attached hydrogen (secondary N) is 1. The molecule has 0 radical (unpaired) electrons. The quantitative estimate of drug-likeness (QED) is 0.858. The van der Waals surface area contributed by atoms with Crippen LogP contribution in [-0.2, 0) is 6.54 Å². The summed E-state index contributed by atoms with van der Waals surface area (Å²) in [6.07, 6.45) is 1.29. The van der Waals surface area contributed by atoms with Crippen molar-refractivity contribution < 1.29 is 0 Å². The van der Waals surface area contributed by atoms with Crippen molar-refractivity contribution in [3.05, 3.63) is 10.6 Å². The highest BCUT2D eigenvalue weighted by Gasteiger charge is 2.21. The molecule has 3 nitrogen and oxygen atoms in total. The van der Waals surface area contributed by atoms with Crippen LogP contribution in [0.1, 0.15) is 23.9 Å². The van der Waals surface area contributed by atoms with Crippen LogP contribution in [0.25, 0.3) is 0 Å². The second-order valence-electron chi connectivity index (χ2n) is 3.74. The molecule has 5 heteroatoms. The fourth-order valence-corrected chi connectivity index (χ4v) is 3.38. The molecule has 1 aromatic heterocycles. The van der Waals surface area contributed by atoms with E-state index in [0.717, 1.165) is 17.5 Å². The van der Waals surface area contributed by atoms with Crippen LogP contribution < -0.4 is 5.32 Å². The van der Waals surface area contributed by atoms with Gasteiger partial charge in [0.25, 0.3) is 0 Å². The molecule has 0 aromatic carbocycles. The summed E-state index contributed by atoms with van der Waals surface area (Å²) in [5, 5.41) is 8.38. The van der Waals surface area contributed by atoms with Crippen LogP contribution in [0.4, 0.5) is 0 Å². The zero-order valence-corrected chi connectivity index (χ0v) is 10.1. The van der Waals surface area contributed by atoms with Gasteiger partial charge in [-0.05, 0) is 24.9 Å². The Morgan fingerprint density at radius 3 is 3.00 bits per heavy atom. The molecule has 0 amide bonds. The van der Waals surface area contributed by atoms with E-state index in [4.69, 9.17) is 0 Å². The van der Waals surface area contributed by atoms with Crippen molar-refractivity contribution >= 4 is 23.3 Å². The molecule has 1 aliphatic rings. The van der Waals surface area contributed by atoms with Crippen LogP contribution in [0, 0.1) is 6.92 Å². The van der Waals surface area contributed by atoms with E-state index in [1.807, 2.05) is 6.92 Å². The predicted octanol–water partition coefficient (Wildman–Crippen LogP) is 1.83. The Balaban J connectivity index is 1.80. The summed E-state index contributed by atoms with van der Waals surface area (Å²) in [4.78, 5) is 1.27. The van der Waals surface area contributed by atoms with E-state index in [1.54, 1.807) is 0 Å². The second-order valence-corrected chi connectivity index (χ2v) is 6.05. The lowest BCUT2D eigenvalue weighted by Gasteiger charge is -2.09. The van der Waals surface area contributed by atoms with Gasteiger partial charge < -0.3 is 5.32 Å². The van der Waals surface area contributed by atoms with Gasteiger partial charge in [-0.15, -0.1) is 5.10 Å². The van der Waals surface area contributed by atoms with Crippen LogP contribution in [0.3, 0.4) is 0 Å². The van der Waals surface area contributed by atoms with Gasteiger partial charge in [0.05, 0.1) is 10.6 Å². The molecule has 0 bridgehead atoms. The van der Waals surface area contributed by atoms with Crippen molar-refractivity contribution in [3.63, 3.8) is 0 Å². The molecule has 1 fully saturated rings. The second kappa shape index (κ2) is 4.59. The van der Waals surface area contributed by atoms with Crippen LogP contribution in [-0.4, -0.2) is 26.6 Å². The Bertz CT molecular complexity index is 300. The van der Waals surface area contributed by atoms with Crippen molar-refractivity contribution in [2.75, 3.05) is 5.75 Å². The highest BCUT2D eigenvalue weighted by molar-refractivity contribution is 8.00. The Morgan fingerprint density at radius 1 is 1.57 bits per heavy atom. The summed E-state index contributed by atoms with van der Waals surface area (Å²) in [5.41, 5.74) is 1.07. The van der Waals surface area contributed by atoms with Gasteiger partial charge in [0.15, 0.2) is 0 Å². The molecular formula is C9H15N3S2. The number of hydrogen-bond acceptors (Lipinski definition) is 5. The van der Waals surface area contributed by atoms with Gasteiger partial charge >= 0.3 is 0 Å². The molecule has 2 heterocycles. The number of hydrogen-bond donors (Lipinski definition) is 1. The molecule has 1 N–H and O–H groups in total. The maximum absolute atomic E-state index is 4.00. The predicted molar refractivity (Wildman–Crippen MR) is 61.8 cm³/mol. The molecule has 1 aromatic rings. The summed E-state index contributed by atoms with van der Waals surface area (Å²) in [5.74, 6) is 1.24. The first-order valence-corrected chi connectivity index (χ1v) is 6.70. The molecule has 1 saturated heterocycles. The standard InChI is InChI=1S/C9H15N3S2/c1-6-3-8(5-13-6)10-4-9-7(2)11-12-14-9/h6,8,10H,3-5H2,1-2H3. The highest BCUT2D eigenvalue weighted by Crippen LogP contribution is 2.26. The Kier molecular flexibility index (Phi) is 3.41. The van der Waals surface area contributed by atoms with Gasteiger partial charge in [-0.3, -0.25) is 0 Å². The van der Waals surface area contributed by atoms with Gasteiger partial charge in [0.1, 0.15) is 0 Å². The number of nitrogens with zero attached hydrogens (tertiary/aromatic N) is 2. The summed E-state index contributed by atoms with van der Waals surface area (Å²) >= 11 is 3.56. The van der Waals surface area contributed by atoms with Crippen LogP contribution in [0.15, 0.2) is 0 Å². The van der Waals surface area contributed by atoms with Gasteiger partial charge in [-0.2, -0.15) is 11.8 Å². The molecule has 14 heavy (non-hydrogen) atoms. The summed E-state index contributed by atoms with van der Waals surface area (Å²) in [6, 6.07) is 0.677. The minimum Gasteiger partial charge on any atom is -0.308 e. The number of aryl methyl sites for hydroxylation is 1. The molecule has 0 spiro atoms. The van der Waals surface area contributed by atoms with E-state index in [2.05, 4.69) is 33.6 Å². The fraction of sp³-hybridized carbons (Fsp3) is 0.778. The maximum atomic E-state index is 4.00. The Hall–Kier alpha value is -0.130. The number of thioether (sulfide) groups is 1. The zero-order chi connectivity index (χ0) is 9.97. The topological polar surface area (TPSA) is 37.8 Å². The van der Waals surface area contributed by atoms with Gasteiger partial charge in [-0.25, -0.2) is 0 Å². The van der Waals surface area contributed by atoms with Crippen molar-refractivity contribution in [2.45, 2.75) is 38.1 Å². The minimum atomic E-state index is 0.677. The van der Waals surface area contributed by atoms with Crippen molar-refractivity contribution in [3.8, 4) is 0 Å². The van der Waals surface area contributed by atoms with Crippen molar-refractivity contribution in [2.24, 2.45) is 0 Å². The first-order valence-electron chi connectivity index (χ1n) is 4.88. The molecule has 2 unspecified atom stereocenters. The van der Waals surface area contributed by atoms with Crippen molar-refractivity contribution in [1.82, 2.24) is 14.9 Å². The van der Waals surface area contributed by atoms with Crippen LogP contribution in [0.2, 0.25) is 0 Å². The lowest BCUT2D eigenvalue weighted by molar-refractivity contribution is 0.540. The SMILES string of the molecule is Cc1nnsc1CNC1CSC(C)C1. The van der Waals surface area contributed by atoms with Gasteiger partial charge in [-0.1, -0.05) is 11.4 Å². The molecular weight excluding hydrogens is 214 g/mol. The molecule has 0 aliphatic carbocycles. The van der Waals surface area contributed by atoms with E-state index in [0.29, 0.717) is 6.04 Å². The van der Waals surface area contributed by atoms with Crippen LogP contribution >= 0.6 is 23.3 Å². The first kappa shape index (κ1) is 10.4. The maximum Gasteiger partial charge on any atom is 0.0769 e. The average molecular weight is 229 g/mol. The van der Waals surface area contributed by atoms with E-state index in [1.165, 1.54) is 28.6 Å². The molecule has 78 valence electrons. The lowest BCUT2D eigenvalue weighted by Crippen LogP contribution is -2.28. The molecule has 2 atom stereocenters. The third-order valence-electron chi connectivity index (χ3n) is 2.50. The lowest BCUT2D eigenvalue weighted by atomic mass is 10.2. The van der Waals surface area contributed by atoms with E-state index in [-0.39, 0.29) is 0 Å². The Morgan fingerprint density at radius 2 is 2.43 bits per heavy atom. The smallest absolute Gasteiger partial charge is 0.0769 e. The average Bonchev–Trinajstić information content (AvgIpc) is 2.72. The fourth-order valence-electron chi connectivity index (χ4n) is 1.61. The first-order chi connectivity index (χ1) is 6.75. The monoisotopic (exact) mass is 229 g/mol.